The standard InChI is InChI=1S/C25H40N6O2/c1-5-7-12-26-25-27-17-22(24(29-25)28-20(6-2)9-8-19(3)32)23-11-10-21(33-23)18-31-15-13-30(4)14-16-31/h10-11,17,19,32H,5-9,12-16,18H2,1-4H3,(H,26,27,29). The average molecular weight is 457 g/mol. The van der Waals surface area contributed by atoms with Crippen molar-refractivity contribution in [3.05, 3.63) is 24.1 Å². The second-order valence-electron chi connectivity index (χ2n) is 8.98. The molecule has 1 aliphatic rings. The number of likely N-dealkylation sites (N-methyl/N-ethyl adjacent to an activating group) is 1. The molecule has 8 nitrogen and oxygen atoms in total. The van der Waals surface area contributed by atoms with E-state index in [0.717, 1.165) is 87.7 Å². The van der Waals surface area contributed by atoms with Crippen LogP contribution >= 0.6 is 0 Å². The van der Waals surface area contributed by atoms with Crippen LogP contribution in [0.2, 0.25) is 0 Å². The summed E-state index contributed by atoms with van der Waals surface area (Å²) in [4.78, 5) is 18.9. The minimum atomic E-state index is -0.347. The number of unbranched alkanes of at least 4 members (excludes halogenated alkanes) is 1. The Morgan fingerprint density at radius 2 is 2.03 bits per heavy atom. The van der Waals surface area contributed by atoms with E-state index >= 15 is 0 Å². The van der Waals surface area contributed by atoms with Gasteiger partial charge in [0.15, 0.2) is 5.82 Å². The fraction of sp³-hybridized carbons (Fsp3) is 0.640. The molecule has 1 unspecified atom stereocenters. The van der Waals surface area contributed by atoms with Crippen LogP contribution in [0.1, 0.15) is 58.6 Å². The van der Waals surface area contributed by atoms with Crippen molar-refractivity contribution < 1.29 is 9.52 Å². The van der Waals surface area contributed by atoms with Gasteiger partial charge >= 0.3 is 0 Å². The van der Waals surface area contributed by atoms with Gasteiger partial charge in [-0.2, -0.15) is 4.98 Å². The Hall–Kier alpha value is -2.29. The van der Waals surface area contributed by atoms with Gasteiger partial charge in [0.2, 0.25) is 5.95 Å². The Morgan fingerprint density at radius 1 is 1.24 bits per heavy atom. The molecule has 0 saturated carbocycles. The maximum atomic E-state index is 9.70. The summed E-state index contributed by atoms with van der Waals surface area (Å²) in [7, 11) is 2.16. The molecule has 1 atom stereocenters. The monoisotopic (exact) mass is 456 g/mol. The van der Waals surface area contributed by atoms with Crippen LogP contribution in [0.15, 0.2) is 27.7 Å². The molecule has 33 heavy (non-hydrogen) atoms. The topological polar surface area (TPSA) is 90.0 Å². The van der Waals surface area contributed by atoms with Crippen LogP contribution in [0.4, 0.5) is 11.8 Å². The zero-order chi connectivity index (χ0) is 23.6. The third-order valence-electron chi connectivity index (χ3n) is 6.01. The Kier molecular flexibility index (Phi) is 9.84. The lowest BCUT2D eigenvalue weighted by atomic mass is 10.1. The van der Waals surface area contributed by atoms with E-state index in [4.69, 9.17) is 14.4 Å². The van der Waals surface area contributed by atoms with E-state index in [1.807, 2.05) is 19.1 Å². The summed E-state index contributed by atoms with van der Waals surface area (Å²) < 4.78 is 6.23. The van der Waals surface area contributed by atoms with Gasteiger partial charge < -0.3 is 19.7 Å². The third-order valence-corrected chi connectivity index (χ3v) is 6.01. The van der Waals surface area contributed by atoms with Crippen LogP contribution in [0.5, 0.6) is 0 Å². The van der Waals surface area contributed by atoms with E-state index in [9.17, 15) is 5.11 Å². The van der Waals surface area contributed by atoms with Crippen LogP contribution in [-0.2, 0) is 6.54 Å². The van der Waals surface area contributed by atoms with Crippen LogP contribution in [-0.4, -0.2) is 76.5 Å². The highest BCUT2D eigenvalue weighted by Crippen LogP contribution is 2.31. The Balaban J connectivity index is 1.83. The zero-order valence-corrected chi connectivity index (χ0v) is 20.7. The quantitative estimate of drug-likeness (QED) is 0.363. The number of anilines is 1. The van der Waals surface area contributed by atoms with Gasteiger partial charge in [0.1, 0.15) is 11.5 Å². The molecular formula is C25H40N6O2. The molecule has 1 fully saturated rings. The van der Waals surface area contributed by atoms with Crippen LogP contribution in [0.3, 0.4) is 0 Å². The molecule has 0 amide bonds. The number of nitrogens with zero attached hydrogens (tertiary/aromatic N) is 5. The molecule has 0 aromatic carbocycles. The molecule has 2 N–H and O–H groups in total. The molecule has 1 aliphatic heterocycles. The summed E-state index contributed by atoms with van der Waals surface area (Å²) in [6.45, 7) is 12.0. The van der Waals surface area contributed by atoms with Crippen molar-refractivity contribution in [3.63, 3.8) is 0 Å². The predicted molar refractivity (Wildman–Crippen MR) is 134 cm³/mol. The maximum absolute atomic E-state index is 9.70. The third kappa shape index (κ3) is 7.91. The van der Waals surface area contributed by atoms with Crippen molar-refractivity contribution >= 4 is 17.5 Å². The first-order valence-electron chi connectivity index (χ1n) is 12.3. The van der Waals surface area contributed by atoms with E-state index in [2.05, 4.69) is 41.0 Å². The summed E-state index contributed by atoms with van der Waals surface area (Å²) in [6.07, 6.45) is 5.86. The number of hydrogen-bond donors (Lipinski definition) is 2. The van der Waals surface area contributed by atoms with Gasteiger partial charge in [-0.15, -0.1) is 0 Å². The van der Waals surface area contributed by atoms with Crippen molar-refractivity contribution in [2.24, 2.45) is 4.99 Å². The second kappa shape index (κ2) is 12.8. The summed E-state index contributed by atoms with van der Waals surface area (Å²) in [5.41, 5.74) is 1.81. The van der Waals surface area contributed by atoms with Gasteiger partial charge in [-0.3, -0.25) is 4.90 Å². The Labute approximate surface area is 198 Å². The average Bonchev–Trinajstić information content (AvgIpc) is 3.26. The highest BCUT2D eigenvalue weighted by Gasteiger charge is 2.18. The van der Waals surface area contributed by atoms with Gasteiger partial charge in [-0.1, -0.05) is 20.3 Å². The highest BCUT2D eigenvalue weighted by molar-refractivity contribution is 5.88. The van der Waals surface area contributed by atoms with Crippen molar-refractivity contribution in [1.82, 2.24) is 19.8 Å². The summed E-state index contributed by atoms with van der Waals surface area (Å²) in [5.74, 6) is 2.89. The maximum Gasteiger partial charge on any atom is 0.224 e. The number of aliphatic imine (C=N–C) groups is 1. The van der Waals surface area contributed by atoms with E-state index in [0.29, 0.717) is 18.2 Å². The molecule has 2 aromatic heterocycles. The van der Waals surface area contributed by atoms with Crippen molar-refractivity contribution in [2.45, 2.75) is 65.5 Å². The molecule has 0 bridgehead atoms. The lowest BCUT2D eigenvalue weighted by Gasteiger charge is -2.31. The normalized spacial score (nSPS) is 16.8. The molecule has 0 aliphatic carbocycles. The molecule has 182 valence electrons. The van der Waals surface area contributed by atoms with Gasteiger partial charge in [0.25, 0.3) is 0 Å². The smallest absolute Gasteiger partial charge is 0.224 e. The van der Waals surface area contributed by atoms with Gasteiger partial charge in [-0.05, 0) is 51.8 Å². The van der Waals surface area contributed by atoms with E-state index < -0.39 is 0 Å². The highest BCUT2D eigenvalue weighted by atomic mass is 16.3. The summed E-state index contributed by atoms with van der Waals surface area (Å²) >= 11 is 0. The molecule has 3 rings (SSSR count). The van der Waals surface area contributed by atoms with Crippen molar-refractivity contribution in [1.29, 1.82) is 0 Å². The summed E-state index contributed by atoms with van der Waals surface area (Å²) in [5, 5.41) is 13.0. The number of hydrogen-bond acceptors (Lipinski definition) is 8. The van der Waals surface area contributed by atoms with E-state index in [1.54, 1.807) is 6.20 Å². The number of aromatic nitrogens is 2. The Bertz CT molecular complexity index is 887. The lowest BCUT2D eigenvalue weighted by molar-refractivity contribution is 0.140. The molecule has 3 heterocycles. The number of rotatable bonds is 12. The van der Waals surface area contributed by atoms with Gasteiger partial charge in [0, 0.05) is 44.6 Å². The second-order valence-corrected chi connectivity index (χ2v) is 8.98. The zero-order valence-electron chi connectivity index (χ0n) is 20.7. The van der Waals surface area contributed by atoms with Gasteiger partial charge in [-0.25, -0.2) is 9.98 Å². The number of piperazine rings is 1. The Morgan fingerprint density at radius 3 is 2.73 bits per heavy atom. The fourth-order valence-electron chi connectivity index (χ4n) is 3.77. The predicted octanol–water partition coefficient (Wildman–Crippen LogP) is 4.34. The lowest BCUT2D eigenvalue weighted by Crippen LogP contribution is -2.43. The van der Waals surface area contributed by atoms with E-state index in [1.165, 1.54) is 0 Å². The number of nitrogens with one attached hydrogen (secondary N) is 1. The first kappa shape index (κ1) is 25.3. The molecule has 0 spiro atoms. The first-order valence-corrected chi connectivity index (χ1v) is 12.3. The largest absolute Gasteiger partial charge is 0.460 e. The molecule has 0 radical (unpaired) electrons. The minimum Gasteiger partial charge on any atom is -0.460 e. The number of furan rings is 1. The van der Waals surface area contributed by atoms with Crippen LogP contribution in [0, 0.1) is 0 Å². The molecule has 2 aromatic rings. The molecule has 1 saturated heterocycles. The summed E-state index contributed by atoms with van der Waals surface area (Å²) in [6, 6.07) is 4.04. The fourth-order valence-corrected chi connectivity index (χ4v) is 3.77. The minimum absolute atomic E-state index is 0.347. The first-order chi connectivity index (χ1) is 16.0. The van der Waals surface area contributed by atoms with Crippen molar-refractivity contribution in [2.75, 3.05) is 45.1 Å². The number of aliphatic hydroxyl groups excluding tert-OH is 1. The molecule has 8 heteroatoms. The van der Waals surface area contributed by atoms with E-state index in [-0.39, 0.29) is 6.10 Å². The van der Waals surface area contributed by atoms with Crippen molar-refractivity contribution in [3.8, 4) is 11.3 Å². The van der Waals surface area contributed by atoms with Crippen LogP contribution in [0.25, 0.3) is 11.3 Å². The number of aliphatic hydroxyl groups is 1. The molecular weight excluding hydrogens is 416 g/mol. The SMILES string of the molecule is CCCCNc1ncc(-c2ccc(CN3CCN(C)CC3)o2)c(N=C(CC)CCC(C)O)n1. The van der Waals surface area contributed by atoms with Crippen LogP contribution < -0.4 is 5.32 Å². The van der Waals surface area contributed by atoms with Gasteiger partial charge in [0.05, 0.1) is 18.2 Å².